The Bertz CT molecular complexity index is 742. The molecule has 0 fully saturated rings. The van der Waals surface area contributed by atoms with Crippen molar-refractivity contribution in [2.24, 2.45) is 0 Å². The monoisotopic (exact) mass is 361 g/mol. The van der Waals surface area contributed by atoms with Gasteiger partial charge < -0.3 is 4.74 Å². The summed E-state index contributed by atoms with van der Waals surface area (Å²) < 4.78 is 5.75. The van der Waals surface area contributed by atoms with E-state index >= 15 is 0 Å². The molecular weight excluding hydrogens is 341 g/mol. The number of halogens is 2. The smallest absolute Gasteiger partial charge is 0.122 e. The highest BCUT2D eigenvalue weighted by Crippen LogP contribution is 2.26. The molecule has 0 amide bonds. The van der Waals surface area contributed by atoms with E-state index in [1.54, 1.807) is 6.07 Å². The Hall–Kier alpha value is -1.48. The zero-order valence-electron chi connectivity index (χ0n) is 13.8. The van der Waals surface area contributed by atoms with Gasteiger partial charge in [-0.05, 0) is 54.8 Å². The zero-order valence-corrected chi connectivity index (χ0v) is 15.3. The number of benzene rings is 2. The SMILES string of the molecule is CN(CC=Cc1ccc(Cl)cc1Cl)Cc1ccc2c(c1)OCCC2. The average Bonchev–Trinajstić information content (AvgIpc) is 2.57. The van der Waals surface area contributed by atoms with Crippen molar-refractivity contribution in [1.29, 1.82) is 0 Å². The van der Waals surface area contributed by atoms with Crippen molar-refractivity contribution in [3.8, 4) is 5.75 Å². The number of rotatable bonds is 5. The van der Waals surface area contributed by atoms with Gasteiger partial charge in [0.1, 0.15) is 5.75 Å². The van der Waals surface area contributed by atoms with Crippen molar-refractivity contribution in [2.45, 2.75) is 19.4 Å². The van der Waals surface area contributed by atoms with Gasteiger partial charge in [-0.1, -0.05) is 53.6 Å². The van der Waals surface area contributed by atoms with Crippen LogP contribution in [0.15, 0.2) is 42.5 Å². The first kappa shape index (κ1) is 17.3. The van der Waals surface area contributed by atoms with Crippen LogP contribution in [-0.2, 0) is 13.0 Å². The van der Waals surface area contributed by atoms with E-state index in [0.717, 1.165) is 43.9 Å². The third-order valence-electron chi connectivity index (χ3n) is 4.11. The van der Waals surface area contributed by atoms with Crippen molar-refractivity contribution >= 4 is 29.3 Å². The normalized spacial score (nSPS) is 14.0. The molecule has 2 aromatic rings. The molecule has 1 aliphatic heterocycles. The van der Waals surface area contributed by atoms with Gasteiger partial charge in [0.05, 0.1) is 6.61 Å². The molecule has 0 spiro atoms. The first-order valence-electron chi connectivity index (χ1n) is 8.16. The van der Waals surface area contributed by atoms with Gasteiger partial charge in [-0.3, -0.25) is 4.90 Å². The summed E-state index contributed by atoms with van der Waals surface area (Å²) in [5, 5.41) is 1.33. The molecule has 0 aliphatic carbocycles. The van der Waals surface area contributed by atoms with E-state index in [0.29, 0.717) is 10.0 Å². The van der Waals surface area contributed by atoms with Crippen molar-refractivity contribution in [3.63, 3.8) is 0 Å². The predicted octanol–water partition coefficient (Wildman–Crippen LogP) is 5.46. The summed E-state index contributed by atoms with van der Waals surface area (Å²) in [4.78, 5) is 2.25. The molecule has 0 bridgehead atoms. The molecule has 1 aliphatic rings. The van der Waals surface area contributed by atoms with E-state index in [2.05, 4.69) is 36.2 Å². The van der Waals surface area contributed by atoms with Gasteiger partial charge in [-0.25, -0.2) is 0 Å². The van der Waals surface area contributed by atoms with Crippen LogP contribution >= 0.6 is 23.2 Å². The fraction of sp³-hybridized carbons (Fsp3) is 0.300. The minimum Gasteiger partial charge on any atom is -0.493 e. The largest absolute Gasteiger partial charge is 0.493 e. The van der Waals surface area contributed by atoms with E-state index in [1.807, 2.05) is 18.2 Å². The van der Waals surface area contributed by atoms with Gasteiger partial charge in [0.15, 0.2) is 0 Å². The molecule has 0 saturated carbocycles. The van der Waals surface area contributed by atoms with Crippen LogP contribution in [0, 0.1) is 0 Å². The average molecular weight is 362 g/mol. The number of nitrogens with zero attached hydrogens (tertiary/aromatic N) is 1. The number of likely N-dealkylation sites (N-methyl/N-ethyl adjacent to an activating group) is 1. The van der Waals surface area contributed by atoms with Crippen molar-refractivity contribution in [1.82, 2.24) is 4.90 Å². The van der Waals surface area contributed by atoms with Crippen LogP contribution in [-0.4, -0.2) is 25.1 Å². The Kier molecular flexibility index (Phi) is 5.83. The molecule has 0 radical (unpaired) electrons. The Balaban J connectivity index is 1.57. The molecule has 0 N–H and O–H groups in total. The van der Waals surface area contributed by atoms with Crippen LogP contribution in [0.5, 0.6) is 5.75 Å². The first-order chi connectivity index (χ1) is 11.6. The maximum atomic E-state index is 6.18. The van der Waals surface area contributed by atoms with Crippen LogP contribution in [0.4, 0.5) is 0 Å². The molecular formula is C20H21Cl2NO. The highest BCUT2D eigenvalue weighted by atomic mass is 35.5. The second kappa shape index (κ2) is 8.06. The number of fused-ring (bicyclic) bond motifs is 1. The van der Waals surface area contributed by atoms with Gasteiger partial charge in [-0.2, -0.15) is 0 Å². The molecule has 24 heavy (non-hydrogen) atoms. The molecule has 2 aromatic carbocycles. The Labute approximate surface area is 153 Å². The fourth-order valence-electron chi connectivity index (χ4n) is 2.86. The number of aryl methyl sites for hydroxylation is 1. The lowest BCUT2D eigenvalue weighted by atomic mass is 10.0. The van der Waals surface area contributed by atoms with E-state index in [4.69, 9.17) is 27.9 Å². The molecule has 0 atom stereocenters. The molecule has 0 saturated heterocycles. The Morgan fingerprint density at radius 3 is 2.88 bits per heavy atom. The molecule has 126 valence electrons. The fourth-order valence-corrected chi connectivity index (χ4v) is 3.33. The summed E-state index contributed by atoms with van der Waals surface area (Å²) >= 11 is 12.1. The summed E-state index contributed by atoms with van der Waals surface area (Å²) in [6, 6.07) is 12.1. The Morgan fingerprint density at radius 2 is 2.04 bits per heavy atom. The van der Waals surface area contributed by atoms with Crippen molar-refractivity contribution in [2.75, 3.05) is 20.2 Å². The van der Waals surface area contributed by atoms with Crippen LogP contribution in [0.1, 0.15) is 23.1 Å². The highest BCUT2D eigenvalue weighted by Gasteiger charge is 2.11. The van der Waals surface area contributed by atoms with Crippen molar-refractivity contribution in [3.05, 3.63) is 69.2 Å². The molecule has 2 nitrogen and oxygen atoms in total. The van der Waals surface area contributed by atoms with Gasteiger partial charge in [0, 0.05) is 23.1 Å². The minimum atomic E-state index is 0.656. The summed E-state index contributed by atoms with van der Waals surface area (Å²) in [6.07, 6.45) is 6.38. The molecule has 3 rings (SSSR count). The molecule has 0 unspecified atom stereocenters. The lowest BCUT2D eigenvalue weighted by Gasteiger charge is -2.20. The Morgan fingerprint density at radius 1 is 1.17 bits per heavy atom. The second-order valence-electron chi connectivity index (χ2n) is 6.16. The lowest BCUT2D eigenvalue weighted by molar-refractivity contribution is 0.287. The first-order valence-corrected chi connectivity index (χ1v) is 8.92. The van der Waals surface area contributed by atoms with Crippen molar-refractivity contribution < 1.29 is 4.74 Å². The summed E-state index contributed by atoms with van der Waals surface area (Å²) in [7, 11) is 2.11. The minimum absolute atomic E-state index is 0.656. The maximum absolute atomic E-state index is 6.18. The maximum Gasteiger partial charge on any atom is 0.122 e. The molecule has 1 heterocycles. The summed E-state index contributed by atoms with van der Waals surface area (Å²) in [5.41, 5.74) is 3.58. The third-order valence-corrected chi connectivity index (χ3v) is 4.67. The van der Waals surface area contributed by atoms with Gasteiger partial charge in [0.2, 0.25) is 0 Å². The quantitative estimate of drug-likeness (QED) is 0.700. The van der Waals surface area contributed by atoms with Crippen LogP contribution < -0.4 is 4.74 Å². The van der Waals surface area contributed by atoms with E-state index in [-0.39, 0.29) is 0 Å². The summed E-state index contributed by atoms with van der Waals surface area (Å²) in [6.45, 7) is 2.56. The topological polar surface area (TPSA) is 12.5 Å². The number of ether oxygens (including phenoxy) is 1. The lowest BCUT2D eigenvalue weighted by Crippen LogP contribution is -2.18. The third kappa shape index (κ3) is 4.54. The standard InChI is InChI=1S/C20H21Cl2NO/c1-23(10-2-4-16-8-9-18(21)13-19(16)22)14-15-6-7-17-5-3-11-24-20(17)12-15/h2,4,6-9,12-13H,3,5,10-11,14H2,1H3. The second-order valence-corrected chi connectivity index (χ2v) is 7.00. The van der Waals surface area contributed by atoms with E-state index < -0.39 is 0 Å². The summed E-state index contributed by atoms with van der Waals surface area (Å²) in [5.74, 6) is 1.05. The van der Waals surface area contributed by atoms with E-state index in [9.17, 15) is 0 Å². The zero-order chi connectivity index (χ0) is 16.9. The number of hydrogen-bond donors (Lipinski definition) is 0. The van der Waals surface area contributed by atoms with E-state index in [1.165, 1.54) is 11.1 Å². The number of hydrogen-bond acceptors (Lipinski definition) is 2. The van der Waals surface area contributed by atoms with Gasteiger partial charge in [-0.15, -0.1) is 0 Å². The van der Waals surface area contributed by atoms with Crippen LogP contribution in [0.3, 0.4) is 0 Å². The molecule has 0 aromatic heterocycles. The van der Waals surface area contributed by atoms with Crippen LogP contribution in [0.2, 0.25) is 10.0 Å². The highest BCUT2D eigenvalue weighted by molar-refractivity contribution is 6.35. The predicted molar refractivity (Wildman–Crippen MR) is 102 cm³/mol. The van der Waals surface area contributed by atoms with Gasteiger partial charge in [0.25, 0.3) is 0 Å². The van der Waals surface area contributed by atoms with Crippen LogP contribution in [0.25, 0.3) is 6.08 Å². The van der Waals surface area contributed by atoms with Gasteiger partial charge >= 0.3 is 0 Å². The molecule has 4 heteroatoms.